The maximum Gasteiger partial charge on any atom is 0.244 e. The quantitative estimate of drug-likeness (QED) is 0.305. The van der Waals surface area contributed by atoms with Crippen molar-refractivity contribution >= 4 is 34.7 Å². The van der Waals surface area contributed by atoms with E-state index < -0.39 is 0 Å². The maximum absolute atomic E-state index is 12.1. The minimum Gasteiger partial charge on any atom is -0.494 e. The third-order valence-corrected chi connectivity index (χ3v) is 4.42. The fraction of sp³-hybridized carbons (Fsp3) is 0.333. The van der Waals surface area contributed by atoms with Gasteiger partial charge in [-0.15, -0.1) is 0 Å². The second-order valence-corrected chi connectivity index (χ2v) is 6.91. The highest BCUT2D eigenvalue weighted by Gasteiger charge is 2.11. The summed E-state index contributed by atoms with van der Waals surface area (Å²) in [4.78, 5) is 12.1. The summed E-state index contributed by atoms with van der Waals surface area (Å²) in [6.07, 6.45) is 1.84. The van der Waals surface area contributed by atoms with Crippen LogP contribution in [0.3, 0.4) is 0 Å². The fourth-order valence-electron chi connectivity index (χ4n) is 2.48. The molecule has 150 valence electrons. The SMILES string of the molecule is CCOc1ccc(CC(=O)N/N=C/c2cc(I)c(OCC)c(OCC)c2)cc1. The van der Waals surface area contributed by atoms with Crippen LogP contribution < -0.4 is 19.6 Å². The van der Waals surface area contributed by atoms with Crippen molar-refractivity contribution in [3.63, 3.8) is 0 Å². The molecule has 0 atom stereocenters. The Morgan fingerprint density at radius 2 is 1.71 bits per heavy atom. The second-order valence-electron chi connectivity index (χ2n) is 5.74. The summed E-state index contributed by atoms with van der Waals surface area (Å²) in [5.74, 6) is 1.99. The van der Waals surface area contributed by atoms with E-state index in [4.69, 9.17) is 14.2 Å². The van der Waals surface area contributed by atoms with Crippen molar-refractivity contribution in [1.82, 2.24) is 5.43 Å². The van der Waals surface area contributed by atoms with Crippen molar-refractivity contribution in [2.75, 3.05) is 19.8 Å². The van der Waals surface area contributed by atoms with Gasteiger partial charge in [-0.2, -0.15) is 5.10 Å². The molecular weight excluding hydrogens is 471 g/mol. The topological polar surface area (TPSA) is 69.2 Å². The average molecular weight is 496 g/mol. The molecule has 0 aromatic heterocycles. The predicted molar refractivity (Wildman–Crippen MR) is 119 cm³/mol. The number of hydrazone groups is 1. The van der Waals surface area contributed by atoms with Gasteiger partial charge in [0.25, 0.3) is 0 Å². The Balaban J connectivity index is 1.98. The summed E-state index contributed by atoms with van der Waals surface area (Å²) in [6, 6.07) is 11.2. The lowest BCUT2D eigenvalue weighted by atomic mass is 10.1. The molecule has 0 aliphatic carbocycles. The minimum atomic E-state index is -0.189. The molecule has 0 saturated heterocycles. The van der Waals surface area contributed by atoms with Gasteiger partial charge >= 0.3 is 0 Å². The first kappa shape index (κ1) is 22.0. The Bertz CT molecular complexity index is 807. The molecule has 2 aromatic rings. The molecule has 2 rings (SSSR count). The van der Waals surface area contributed by atoms with Crippen LogP contribution in [-0.4, -0.2) is 31.9 Å². The number of nitrogens with zero attached hydrogens (tertiary/aromatic N) is 1. The maximum atomic E-state index is 12.1. The molecule has 0 unspecified atom stereocenters. The highest BCUT2D eigenvalue weighted by atomic mass is 127. The van der Waals surface area contributed by atoms with Crippen LogP contribution >= 0.6 is 22.6 Å². The summed E-state index contributed by atoms with van der Waals surface area (Å²) < 4.78 is 17.6. The smallest absolute Gasteiger partial charge is 0.244 e. The molecule has 6 nitrogen and oxygen atoms in total. The number of halogens is 1. The van der Waals surface area contributed by atoms with Gasteiger partial charge in [-0.25, -0.2) is 5.43 Å². The Morgan fingerprint density at radius 1 is 1.04 bits per heavy atom. The van der Waals surface area contributed by atoms with Gasteiger partial charge in [0.1, 0.15) is 5.75 Å². The lowest BCUT2D eigenvalue weighted by Gasteiger charge is -2.13. The van der Waals surface area contributed by atoms with Crippen molar-refractivity contribution in [1.29, 1.82) is 0 Å². The highest BCUT2D eigenvalue weighted by Crippen LogP contribution is 2.33. The number of carbonyl (C=O) groups is 1. The van der Waals surface area contributed by atoms with Crippen LogP contribution in [0, 0.1) is 3.57 Å². The molecule has 2 aromatic carbocycles. The number of nitrogens with one attached hydrogen (secondary N) is 1. The van der Waals surface area contributed by atoms with Crippen molar-refractivity contribution in [2.24, 2.45) is 5.10 Å². The van der Waals surface area contributed by atoms with Gasteiger partial charge in [0.2, 0.25) is 5.91 Å². The molecule has 0 radical (unpaired) electrons. The molecule has 1 amide bonds. The number of ether oxygens (including phenoxy) is 3. The normalized spacial score (nSPS) is 10.7. The summed E-state index contributed by atoms with van der Waals surface area (Å²) >= 11 is 2.20. The predicted octanol–water partition coefficient (Wildman–Crippen LogP) is 4.18. The number of carbonyl (C=O) groups excluding carboxylic acids is 1. The Kier molecular flexibility index (Phi) is 9.06. The molecule has 0 fully saturated rings. The van der Waals surface area contributed by atoms with E-state index in [0.29, 0.717) is 25.6 Å². The number of hydrogen-bond donors (Lipinski definition) is 1. The van der Waals surface area contributed by atoms with Crippen LogP contribution in [0.5, 0.6) is 17.2 Å². The standard InChI is InChI=1S/C21H25IN2O4/c1-4-26-17-9-7-15(8-10-17)13-20(25)24-23-14-16-11-18(22)21(28-6-3)19(12-16)27-5-2/h7-12,14H,4-6,13H2,1-3H3,(H,24,25)/b23-14+. The van der Waals surface area contributed by atoms with Crippen LogP contribution in [0.15, 0.2) is 41.5 Å². The third-order valence-electron chi connectivity index (χ3n) is 3.62. The van der Waals surface area contributed by atoms with E-state index in [-0.39, 0.29) is 12.3 Å². The lowest BCUT2D eigenvalue weighted by molar-refractivity contribution is -0.120. The Morgan fingerprint density at radius 3 is 2.36 bits per heavy atom. The zero-order chi connectivity index (χ0) is 20.4. The van der Waals surface area contributed by atoms with Gasteiger partial charge in [0, 0.05) is 0 Å². The van der Waals surface area contributed by atoms with E-state index in [1.165, 1.54) is 0 Å². The lowest BCUT2D eigenvalue weighted by Crippen LogP contribution is -2.19. The number of benzene rings is 2. The summed E-state index contributed by atoms with van der Waals surface area (Å²) in [7, 11) is 0. The fourth-order valence-corrected chi connectivity index (χ4v) is 3.26. The van der Waals surface area contributed by atoms with Crippen molar-refractivity contribution in [3.8, 4) is 17.2 Å². The zero-order valence-electron chi connectivity index (χ0n) is 16.3. The molecular formula is C21H25IN2O4. The summed E-state index contributed by atoms with van der Waals surface area (Å²) in [5.41, 5.74) is 4.27. The van der Waals surface area contributed by atoms with Crippen LogP contribution in [0.4, 0.5) is 0 Å². The van der Waals surface area contributed by atoms with E-state index >= 15 is 0 Å². The van der Waals surface area contributed by atoms with E-state index in [1.807, 2.05) is 57.2 Å². The first-order valence-electron chi connectivity index (χ1n) is 9.20. The second kappa shape index (κ2) is 11.5. The largest absolute Gasteiger partial charge is 0.494 e. The number of hydrogen-bond acceptors (Lipinski definition) is 5. The molecule has 28 heavy (non-hydrogen) atoms. The van der Waals surface area contributed by atoms with E-state index in [9.17, 15) is 4.79 Å². The Hall–Kier alpha value is -2.29. The number of rotatable bonds is 10. The van der Waals surface area contributed by atoms with Crippen LogP contribution in [0.2, 0.25) is 0 Å². The average Bonchev–Trinajstić information content (AvgIpc) is 2.66. The molecule has 0 aliphatic heterocycles. The molecule has 0 aliphatic rings. The first-order chi connectivity index (χ1) is 13.6. The monoisotopic (exact) mass is 496 g/mol. The highest BCUT2D eigenvalue weighted by molar-refractivity contribution is 14.1. The van der Waals surface area contributed by atoms with Gasteiger partial charge < -0.3 is 14.2 Å². The summed E-state index contributed by atoms with van der Waals surface area (Å²) in [5, 5.41) is 4.05. The van der Waals surface area contributed by atoms with Crippen LogP contribution in [0.1, 0.15) is 31.9 Å². The van der Waals surface area contributed by atoms with Crippen LogP contribution in [-0.2, 0) is 11.2 Å². The number of amides is 1. The van der Waals surface area contributed by atoms with Gasteiger partial charge in [-0.1, -0.05) is 12.1 Å². The first-order valence-corrected chi connectivity index (χ1v) is 10.3. The molecule has 0 bridgehead atoms. The van der Waals surface area contributed by atoms with E-state index in [1.54, 1.807) is 6.21 Å². The van der Waals surface area contributed by atoms with E-state index in [0.717, 1.165) is 26.2 Å². The van der Waals surface area contributed by atoms with E-state index in [2.05, 4.69) is 33.1 Å². The van der Waals surface area contributed by atoms with Crippen molar-refractivity contribution in [3.05, 3.63) is 51.1 Å². The third kappa shape index (κ3) is 6.70. The van der Waals surface area contributed by atoms with Gasteiger partial charge in [-0.05, 0) is 78.8 Å². The van der Waals surface area contributed by atoms with Crippen molar-refractivity contribution in [2.45, 2.75) is 27.2 Å². The zero-order valence-corrected chi connectivity index (χ0v) is 18.5. The Labute approximate surface area is 179 Å². The van der Waals surface area contributed by atoms with Gasteiger partial charge in [0.05, 0.1) is 36.0 Å². The molecule has 7 heteroatoms. The summed E-state index contributed by atoms with van der Waals surface area (Å²) in [6.45, 7) is 7.50. The molecule has 1 N–H and O–H groups in total. The molecule has 0 saturated carbocycles. The van der Waals surface area contributed by atoms with Crippen LogP contribution in [0.25, 0.3) is 0 Å². The minimum absolute atomic E-state index is 0.189. The van der Waals surface area contributed by atoms with Crippen molar-refractivity contribution < 1.29 is 19.0 Å². The molecule has 0 heterocycles. The van der Waals surface area contributed by atoms with Gasteiger partial charge in [-0.3, -0.25) is 4.79 Å². The van der Waals surface area contributed by atoms with Gasteiger partial charge in [0.15, 0.2) is 11.5 Å². The molecule has 0 spiro atoms.